The number of carboxylic acids is 1. The predicted molar refractivity (Wildman–Crippen MR) is 90.4 cm³/mol. The lowest BCUT2D eigenvalue weighted by molar-refractivity contribution is -0.138. The van der Waals surface area contributed by atoms with Crippen molar-refractivity contribution in [3.05, 3.63) is 35.9 Å². The number of carbonyl (C=O) groups is 1. The van der Waals surface area contributed by atoms with E-state index in [1.54, 1.807) is 0 Å². The molecule has 1 N–H and O–H groups in total. The highest BCUT2D eigenvalue weighted by molar-refractivity contribution is 6.80. The first-order chi connectivity index (χ1) is 9.63. The highest BCUT2D eigenvalue weighted by Crippen LogP contribution is 2.54. The minimum Gasteiger partial charge on any atom is -0.481 e. The van der Waals surface area contributed by atoms with Gasteiger partial charge in [0, 0.05) is 0 Å². The van der Waals surface area contributed by atoms with Crippen LogP contribution in [0, 0.1) is 11.8 Å². The standard InChI is InChI=1S/C18H28O2Si/c1-18(2,3)21(4,5)12-16(13-9-7-6-8-10-13)14-11-15(14)17(19)20/h6-10,14-16H,11-12H2,1-5H3,(H,19,20)/t14-,15-,16?/m1/s1. The van der Waals surface area contributed by atoms with E-state index < -0.39 is 14.0 Å². The monoisotopic (exact) mass is 304 g/mol. The summed E-state index contributed by atoms with van der Waals surface area (Å²) in [6, 6.07) is 11.7. The summed E-state index contributed by atoms with van der Waals surface area (Å²) in [5.41, 5.74) is 1.33. The lowest BCUT2D eigenvalue weighted by Gasteiger charge is -2.40. The van der Waals surface area contributed by atoms with Crippen LogP contribution < -0.4 is 0 Å². The van der Waals surface area contributed by atoms with Crippen LogP contribution in [-0.2, 0) is 4.79 Å². The maximum Gasteiger partial charge on any atom is 0.306 e. The van der Waals surface area contributed by atoms with Crippen molar-refractivity contribution in [1.82, 2.24) is 0 Å². The Labute approximate surface area is 129 Å². The van der Waals surface area contributed by atoms with Gasteiger partial charge in [0.1, 0.15) is 0 Å². The zero-order chi connectivity index (χ0) is 15.8. The second kappa shape index (κ2) is 5.60. The van der Waals surface area contributed by atoms with Gasteiger partial charge in [0.2, 0.25) is 0 Å². The third-order valence-corrected chi connectivity index (χ3v) is 11.2. The molecule has 2 rings (SSSR count). The molecular formula is C18H28O2Si. The van der Waals surface area contributed by atoms with Gasteiger partial charge in [-0.3, -0.25) is 4.79 Å². The second-order valence-corrected chi connectivity index (χ2v) is 13.9. The van der Waals surface area contributed by atoms with Crippen LogP contribution >= 0.6 is 0 Å². The molecule has 1 unspecified atom stereocenters. The third kappa shape index (κ3) is 3.57. The molecule has 1 aliphatic carbocycles. The molecule has 3 atom stereocenters. The van der Waals surface area contributed by atoms with Crippen LogP contribution in [0.25, 0.3) is 0 Å². The minimum atomic E-state index is -1.43. The molecule has 1 aromatic rings. The molecule has 0 amide bonds. The van der Waals surface area contributed by atoms with Crippen molar-refractivity contribution in [3.8, 4) is 0 Å². The van der Waals surface area contributed by atoms with Crippen LogP contribution in [0.2, 0.25) is 24.2 Å². The number of hydrogen-bond acceptors (Lipinski definition) is 1. The molecule has 1 aromatic carbocycles. The average Bonchev–Trinajstić information content (AvgIpc) is 3.16. The lowest BCUT2D eigenvalue weighted by Crippen LogP contribution is -2.38. The van der Waals surface area contributed by atoms with E-state index in [0.29, 0.717) is 16.9 Å². The number of carboxylic acid groups (broad SMARTS) is 1. The van der Waals surface area contributed by atoms with Crippen molar-refractivity contribution in [2.45, 2.75) is 57.3 Å². The fourth-order valence-corrected chi connectivity index (χ4v) is 5.27. The van der Waals surface area contributed by atoms with Crippen LogP contribution in [-0.4, -0.2) is 19.1 Å². The Kier molecular flexibility index (Phi) is 4.34. The Morgan fingerprint density at radius 1 is 1.29 bits per heavy atom. The molecule has 0 radical (unpaired) electrons. The Morgan fingerprint density at radius 2 is 1.86 bits per heavy atom. The quantitative estimate of drug-likeness (QED) is 0.777. The van der Waals surface area contributed by atoms with E-state index in [-0.39, 0.29) is 5.92 Å². The van der Waals surface area contributed by atoms with Crippen LogP contribution in [0.5, 0.6) is 0 Å². The molecule has 116 valence electrons. The molecule has 0 spiro atoms. The Morgan fingerprint density at radius 3 is 2.29 bits per heavy atom. The Bertz CT molecular complexity index is 502. The number of hydrogen-bond donors (Lipinski definition) is 1. The maximum atomic E-state index is 11.3. The number of aliphatic carboxylic acids is 1. The van der Waals surface area contributed by atoms with Crippen molar-refractivity contribution in [2.24, 2.45) is 11.8 Å². The van der Waals surface area contributed by atoms with E-state index >= 15 is 0 Å². The van der Waals surface area contributed by atoms with Crippen LogP contribution in [0.15, 0.2) is 30.3 Å². The summed E-state index contributed by atoms with van der Waals surface area (Å²) >= 11 is 0. The summed E-state index contributed by atoms with van der Waals surface area (Å²) in [5.74, 6) is 0.00311. The molecule has 21 heavy (non-hydrogen) atoms. The Hall–Kier alpha value is -1.09. The predicted octanol–water partition coefficient (Wildman–Crippen LogP) is 5.00. The van der Waals surface area contributed by atoms with Crippen molar-refractivity contribution >= 4 is 14.0 Å². The number of benzene rings is 1. The van der Waals surface area contributed by atoms with Crippen LogP contribution in [0.4, 0.5) is 0 Å². The zero-order valence-electron chi connectivity index (χ0n) is 13.9. The fourth-order valence-electron chi connectivity index (χ4n) is 3.02. The molecule has 0 heterocycles. The summed E-state index contributed by atoms with van der Waals surface area (Å²) in [6.45, 7) is 11.9. The SMILES string of the molecule is CC(C)(C)[Si](C)(C)CC(c1ccccc1)[C@@H]1C[C@H]1C(=O)O. The van der Waals surface area contributed by atoms with Crippen LogP contribution in [0.1, 0.15) is 38.7 Å². The van der Waals surface area contributed by atoms with Gasteiger partial charge in [0.15, 0.2) is 0 Å². The molecular weight excluding hydrogens is 276 g/mol. The first-order valence-electron chi connectivity index (χ1n) is 7.91. The largest absolute Gasteiger partial charge is 0.481 e. The van der Waals surface area contributed by atoms with Gasteiger partial charge in [-0.1, -0.05) is 64.2 Å². The molecule has 0 aromatic heterocycles. The highest BCUT2D eigenvalue weighted by atomic mass is 28.3. The van der Waals surface area contributed by atoms with Gasteiger partial charge < -0.3 is 5.11 Å². The normalized spacial score (nSPS) is 23.7. The van der Waals surface area contributed by atoms with Gasteiger partial charge in [-0.2, -0.15) is 0 Å². The Balaban J connectivity index is 2.24. The van der Waals surface area contributed by atoms with Crippen LogP contribution in [0.3, 0.4) is 0 Å². The van der Waals surface area contributed by atoms with Gasteiger partial charge in [-0.25, -0.2) is 0 Å². The molecule has 0 aliphatic heterocycles. The van der Waals surface area contributed by atoms with E-state index in [4.69, 9.17) is 0 Å². The zero-order valence-corrected chi connectivity index (χ0v) is 14.9. The van der Waals surface area contributed by atoms with Gasteiger partial charge in [-0.05, 0) is 34.9 Å². The molecule has 3 heteroatoms. The summed E-state index contributed by atoms with van der Waals surface area (Å²) in [7, 11) is -1.43. The lowest BCUT2D eigenvalue weighted by atomic mass is 9.95. The molecule has 0 saturated heterocycles. The van der Waals surface area contributed by atoms with Gasteiger partial charge in [0.25, 0.3) is 0 Å². The van der Waals surface area contributed by atoms with E-state index in [1.165, 1.54) is 11.6 Å². The van der Waals surface area contributed by atoms with Gasteiger partial charge in [0.05, 0.1) is 14.0 Å². The summed E-state index contributed by atoms with van der Waals surface area (Å²) in [5, 5.41) is 9.63. The van der Waals surface area contributed by atoms with Crippen molar-refractivity contribution in [2.75, 3.05) is 0 Å². The van der Waals surface area contributed by atoms with E-state index in [9.17, 15) is 9.90 Å². The smallest absolute Gasteiger partial charge is 0.306 e. The number of rotatable bonds is 5. The topological polar surface area (TPSA) is 37.3 Å². The molecule has 0 bridgehead atoms. The minimum absolute atomic E-state index is 0.125. The summed E-state index contributed by atoms with van der Waals surface area (Å²) < 4.78 is 0. The van der Waals surface area contributed by atoms with Crippen molar-refractivity contribution < 1.29 is 9.90 Å². The molecule has 1 saturated carbocycles. The molecule has 2 nitrogen and oxygen atoms in total. The first-order valence-corrected chi connectivity index (χ1v) is 11.1. The third-order valence-electron chi connectivity index (χ3n) is 5.66. The van der Waals surface area contributed by atoms with E-state index in [2.05, 4.69) is 58.1 Å². The van der Waals surface area contributed by atoms with Crippen molar-refractivity contribution in [3.63, 3.8) is 0 Å². The van der Waals surface area contributed by atoms with Gasteiger partial charge in [-0.15, -0.1) is 0 Å². The van der Waals surface area contributed by atoms with Gasteiger partial charge >= 0.3 is 5.97 Å². The van der Waals surface area contributed by atoms with E-state index in [0.717, 1.165) is 6.42 Å². The summed E-state index contributed by atoms with van der Waals surface area (Å²) in [4.78, 5) is 11.3. The highest BCUT2D eigenvalue weighted by Gasteiger charge is 2.50. The fraction of sp³-hybridized carbons (Fsp3) is 0.611. The van der Waals surface area contributed by atoms with Crippen molar-refractivity contribution in [1.29, 1.82) is 0 Å². The van der Waals surface area contributed by atoms with E-state index in [1.807, 2.05) is 6.07 Å². The summed E-state index contributed by atoms with van der Waals surface area (Å²) in [6.07, 6.45) is 0.851. The average molecular weight is 305 g/mol. The maximum absolute atomic E-state index is 11.3. The molecule has 1 fully saturated rings. The molecule has 1 aliphatic rings. The second-order valence-electron chi connectivity index (χ2n) is 8.20. The first kappa shape index (κ1) is 16.3.